The lowest BCUT2D eigenvalue weighted by molar-refractivity contribution is 1.06. The lowest BCUT2D eigenvalue weighted by Crippen LogP contribution is -2.03. The molecule has 0 atom stereocenters. The third-order valence-electron chi connectivity index (χ3n) is 9.38. The van der Waals surface area contributed by atoms with Crippen molar-refractivity contribution in [1.29, 1.82) is 0 Å². The van der Waals surface area contributed by atoms with Crippen molar-refractivity contribution in [1.82, 2.24) is 19.5 Å². The first-order valence-electron chi connectivity index (χ1n) is 15.9. The van der Waals surface area contributed by atoms with Crippen molar-refractivity contribution in [3.63, 3.8) is 0 Å². The number of benzene rings is 7. The Morgan fingerprint density at radius 2 is 0.915 bits per heavy atom. The molecule has 4 heteroatoms. The molecule has 0 saturated carbocycles. The minimum atomic E-state index is 0.636. The smallest absolute Gasteiger partial charge is 0.166 e. The standard InChI is InChI=1S/C43H26N4/c1-2-13-27(14-3-1)41-44-42(29-25-28-15-12-21-34-30-16-4-5-17-31(30)36(26-29)40(28)34)46-43(45-41)35-20-8-11-24-39(35)47-37-22-9-6-18-32(37)33-19-7-10-23-38(33)47/h1-26H. The molecule has 2 heterocycles. The van der Waals surface area contributed by atoms with Gasteiger partial charge in [0.15, 0.2) is 17.5 Å². The van der Waals surface area contributed by atoms with Crippen molar-refractivity contribution >= 4 is 32.6 Å². The van der Waals surface area contributed by atoms with Crippen molar-refractivity contribution in [2.24, 2.45) is 0 Å². The summed E-state index contributed by atoms with van der Waals surface area (Å²) in [6, 6.07) is 55.5. The molecule has 47 heavy (non-hydrogen) atoms. The van der Waals surface area contributed by atoms with Gasteiger partial charge in [0.25, 0.3) is 0 Å². The highest BCUT2D eigenvalue weighted by Gasteiger charge is 2.23. The molecule has 0 spiro atoms. The minimum absolute atomic E-state index is 0.636. The van der Waals surface area contributed by atoms with Crippen LogP contribution in [0.25, 0.3) is 94.7 Å². The van der Waals surface area contributed by atoms with Gasteiger partial charge in [0.2, 0.25) is 0 Å². The van der Waals surface area contributed by atoms with Crippen molar-refractivity contribution in [3.05, 3.63) is 158 Å². The Hall–Kier alpha value is -6.39. The fourth-order valence-corrected chi connectivity index (χ4v) is 7.33. The zero-order valence-corrected chi connectivity index (χ0v) is 25.3. The average Bonchev–Trinajstić information content (AvgIpc) is 3.66. The molecule has 0 bridgehead atoms. The molecule has 7 aromatic carbocycles. The van der Waals surface area contributed by atoms with Crippen LogP contribution < -0.4 is 0 Å². The highest BCUT2D eigenvalue weighted by molar-refractivity contribution is 6.16. The number of rotatable bonds is 4. The highest BCUT2D eigenvalue weighted by atomic mass is 15.1. The molecule has 0 fully saturated rings. The zero-order chi connectivity index (χ0) is 30.9. The van der Waals surface area contributed by atoms with E-state index in [1.54, 1.807) is 0 Å². The van der Waals surface area contributed by atoms with E-state index in [-0.39, 0.29) is 0 Å². The number of hydrogen-bond acceptors (Lipinski definition) is 3. The molecular formula is C43H26N4. The maximum absolute atomic E-state index is 5.25. The number of fused-ring (bicyclic) bond motifs is 6. The van der Waals surface area contributed by atoms with E-state index in [0.717, 1.165) is 33.4 Å². The van der Waals surface area contributed by atoms with E-state index in [1.165, 1.54) is 43.8 Å². The highest BCUT2D eigenvalue weighted by Crippen LogP contribution is 2.48. The SMILES string of the molecule is c1ccc(-c2nc(-c3cc4c5c(cccc5c3)-c3ccccc3-4)nc(-c3ccccc3-n3c4ccccc4c4ccccc43)n2)cc1. The van der Waals surface area contributed by atoms with Gasteiger partial charge in [0.1, 0.15) is 0 Å². The molecule has 10 rings (SSSR count). The molecule has 4 nitrogen and oxygen atoms in total. The first-order chi connectivity index (χ1) is 23.3. The van der Waals surface area contributed by atoms with Crippen LogP contribution in [0.5, 0.6) is 0 Å². The van der Waals surface area contributed by atoms with Gasteiger partial charge in [-0.25, -0.2) is 15.0 Å². The monoisotopic (exact) mass is 598 g/mol. The third kappa shape index (κ3) is 3.92. The van der Waals surface area contributed by atoms with Gasteiger partial charge >= 0.3 is 0 Å². The molecule has 2 aromatic heterocycles. The molecule has 9 aromatic rings. The Morgan fingerprint density at radius 1 is 0.362 bits per heavy atom. The van der Waals surface area contributed by atoms with Gasteiger partial charge in [-0.2, -0.15) is 0 Å². The predicted octanol–water partition coefficient (Wildman–Crippen LogP) is 10.8. The Labute approximate surface area is 271 Å². The Bertz CT molecular complexity index is 2630. The van der Waals surface area contributed by atoms with Gasteiger partial charge in [-0.05, 0) is 69.4 Å². The Morgan fingerprint density at radius 3 is 1.66 bits per heavy atom. The maximum Gasteiger partial charge on any atom is 0.166 e. The van der Waals surface area contributed by atoms with Crippen LogP contribution in [0.1, 0.15) is 0 Å². The Balaban J connectivity index is 1.24. The molecule has 0 saturated heterocycles. The van der Waals surface area contributed by atoms with E-state index in [2.05, 4.69) is 144 Å². The summed E-state index contributed by atoms with van der Waals surface area (Å²) in [4.78, 5) is 15.5. The fraction of sp³-hybridized carbons (Fsp3) is 0. The van der Waals surface area contributed by atoms with Crippen LogP contribution in [-0.4, -0.2) is 19.5 Å². The van der Waals surface area contributed by atoms with Crippen LogP contribution >= 0.6 is 0 Å². The largest absolute Gasteiger partial charge is 0.309 e. The maximum atomic E-state index is 5.25. The van der Waals surface area contributed by atoms with E-state index in [4.69, 9.17) is 15.0 Å². The second-order valence-corrected chi connectivity index (χ2v) is 12.0. The summed E-state index contributed by atoms with van der Waals surface area (Å²) in [6.45, 7) is 0. The topological polar surface area (TPSA) is 43.6 Å². The van der Waals surface area contributed by atoms with Crippen molar-refractivity contribution < 1.29 is 0 Å². The van der Waals surface area contributed by atoms with E-state index < -0.39 is 0 Å². The summed E-state index contributed by atoms with van der Waals surface area (Å²) in [6.07, 6.45) is 0. The van der Waals surface area contributed by atoms with Crippen LogP contribution in [-0.2, 0) is 0 Å². The van der Waals surface area contributed by atoms with E-state index in [9.17, 15) is 0 Å². The number of hydrogen-bond donors (Lipinski definition) is 0. The molecule has 0 N–H and O–H groups in total. The first-order valence-corrected chi connectivity index (χ1v) is 15.9. The second kappa shape index (κ2) is 10.1. The van der Waals surface area contributed by atoms with E-state index in [1.807, 2.05) is 18.2 Å². The van der Waals surface area contributed by atoms with Gasteiger partial charge in [-0.1, -0.05) is 121 Å². The molecule has 0 amide bonds. The van der Waals surface area contributed by atoms with E-state index in [0.29, 0.717) is 17.5 Å². The van der Waals surface area contributed by atoms with Crippen molar-refractivity contribution in [3.8, 4) is 62.1 Å². The summed E-state index contributed by atoms with van der Waals surface area (Å²) in [5, 5.41) is 4.90. The van der Waals surface area contributed by atoms with Gasteiger partial charge in [-0.3, -0.25) is 0 Å². The van der Waals surface area contributed by atoms with Gasteiger partial charge in [0, 0.05) is 27.5 Å². The molecular weight excluding hydrogens is 573 g/mol. The average molecular weight is 599 g/mol. The molecule has 0 radical (unpaired) electrons. The van der Waals surface area contributed by atoms with Gasteiger partial charge in [-0.15, -0.1) is 0 Å². The summed E-state index contributed by atoms with van der Waals surface area (Å²) in [5.74, 6) is 1.93. The predicted molar refractivity (Wildman–Crippen MR) is 192 cm³/mol. The van der Waals surface area contributed by atoms with Crippen molar-refractivity contribution in [2.45, 2.75) is 0 Å². The van der Waals surface area contributed by atoms with Gasteiger partial charge < -0.3 is 4.57 Å². The molecule has 0 unspecified atom stereocenters. The minimum Gasteiger partial charge on any atom is -0.309 e. The fourth-order valence-electron chi connectivity index (χ4n) is 7.33. The third-order valence-corrected chi connectivity index (χ3v) is 9.38. The zero-order valence-electron chi connectivity index (χ0n) is 25.3. The number of para-hydroxylation sites is 3. The van der Waals surface area contributed by atoms with E-state index >= 15 is 0 Å². The number of nitrogens with zero attached hydrogens (tertiary/aromatic N) is 4. The molecule has 1 aliphatic carbocycles. The van der Waals surface area contributed by atoms with Crippen LogP contribution in [0.15, 0.2) is 158 Å². The van der Waals surface area contributed by atoms with Crippen LogP contribution in [0.4, 0.5) is 0 Å². The summed E-state index contributed by atoms with van der Waals surface area (Å²) < 4.78 is 2.33. The summed E-state index contributed by atoms with van der Waals surface area (Å²) >= 11 is 0. The van der Waals surface area contributed by atoms with Crippen LogP contribution in [0.2, 0.25) is 0 Å². The lowest BCUT2D eigenvalue weighted by atomic mass is 9.99. The second-order valence-electron chi connectivity index (χ2n) is 12.0. The quantitative estimate of drug-likeness (QED) is 0.202. The lowest BCUT2D eigenvalue weighted by Gasteiger charge is -2.15. The normalized spacial score (nSPS) is 11.8. The van der Waals surface area contributed by atoms with Crippen molar-refractivity contribution in [2.75, 3.05) is 0 Å². The molecule has 1 aliphatic rings. The van der Waals surface area contributed by atoms with Crippen LogP contribution in [0, 0.1) is 0 Å². The number of aromatic nitrogens is 4. The van der Waals surface area contributed by atoms with Gasteiger partial charge in [0.05, 0.1) is 16.7 Å². The first kappa shape index (κ1) is 25.9. The molecule has 0 aliphatic heterocycles. The Kier molecular flexibility index (Phi) is 5.54. The summed E-state index contributed by atoms with van der Waals surface area (Å²) in [5.41, 5.74) is 11.2. The van der Waals surface area contributed by atoms with Crippen LogP contribution in [0.3, 0.4) is 0 Å². The molecule has 218 valence electrons. The summed E-state index contributed by atoms with van der Waals surface area (Å²) in [7, 11) is 0.